The van der Waals surface area contributed by atoms with Gasteiger partial charge in [-0.2, -0.15) is 0 Å². The topological polar surface area (TPSA) is 68.6 Å². The summed E-state index contributed by atoms with van der Waals surface area (Å²) in [4.78, 5) is 14.7. The SMILES string of the molecule is O=[N+]([O-])c1cccc(-c2ccc(C=Nc3ccccc3Cl)o2)c1. The van der Waals surface area contributed by atoms with Gasteiger partial charge in [0, 0.05) is 17.7 Å². The van der Waals surface area contributed by atoms with Gasteiger partial charge in [0.15, 0.2) is 0 Å². The molecule has 3 aromatic rings. The van der Waals surface area contributed by atoms with Gasteiger partial charge in [0.2, 0.25) is 0 Å². The predicted octanol–water partition coefficient (Wildman–Crippen LogP) is 5.26. The molecule has 0 aliphatic rings. The average molecular weight is 327 g/mol. The summed E-state index contributed by atoms with van der Waals surface area (Å²) < 4.78 is 5.65. The number of rotatable bonds is 4. The van der Waals surface area contributed by atoms with Gasteiger partial charge in [-0.05, 0) is 24.3 Å². The Bertz CT molecular complexity index is 887. The first-order chi connectivity index (χ1) is 11.1. The molecule has 0 N–H and O–H groups in total. The lowest BCUT2D eigenvalue weighted by Gasteiger charge is -1.97. The molecule has 0 bridgehead atoms. The standard InChI is InChI=1S/C17H11ClN2O3/c18-15-6-1-2-7-16(15)19-11-14-8-9-17(23-14)12-4-3-5-13(10-12)20(21)22/h1-11H. The first-order valence-corrected chi connectivity index (χ1v) is 7.14. The molecule has 0 unspecified atom stereocenters. The third-order valence-electron chi connectivity index (χ3n) is 3.15. The summed E-state index contributed by atoms with van der Waals surface area (Å²) in [5.74, 6) is 1.07. The molecule has 6 heteroatoms. The first kappa shape index (κ1) is 15.0. The molecule has 0 saturated heterocycles. The van der Waals surface area contributed by atoms with E-state index in [0.29, 0.717) is 27.8 Å². The molecule has 0 amide bonds. The Morgan fingerprint density at radius 2 is 1.91 bits per heavy atom. The quantitative estimate of drug-likeness (QED) is 0.373. The fourth-order valence-corrected chi connectivity index (χ4v) is 2.22. The van der Waals surface area contributed by atoms with Crippen LogP contribution in [-0.2, 0) is 0 Å². The van der Waals surface area contributed by atoms with Crippen molar-refractivity contribution in [1.29, 1.82) is 0 Å². The number of nitro groups is 1. The predicted molar refractivity (Wildman–Crippen MR) is 89.5 cm³/mol. The minimum Gasteiger partial charge on any atom is -0.455 e. The maximum absolute atomic E-state index is 10.8. The van der Waals surface area contributed by atoms with Crippen molar-refractivity contribution in [3.05, 3.63) is 81.6 Å². The molecule has 3 rings (SSSR count). The van der Waals surface area contributed by atoms with Crippen LogP contribution in [0.5, 0.6) is 0 Å². The molecule has 0 aliphatic heterocycles. The summed E-state index contributed by atoms with van der Waals surface area (Å²) in [6, 6.07) is 17.0. The second-order valence-corrected chi connectivity index (χ2v) is 5.13. The van der Waals surface area contributed by atoms with Gasteiger partial charge in [0.1, 0.15) is 11.5 Å². The highest BCUT2D eigenvalue weighted by atomic mass is 35.5. The van der Waals surface area contributed by atoms with Crippen LogP contribution in [0.2, 0.25) is 5.02 Å². The van der Waals surface area contributed by atoms with E-state index in [1.807, 2.05) is 12.1 Å². The maximum atomic E-state index is 10.8. The molecule has 114 valence electrons. The summed E-state index contributed by atoms with van der Waals surface area (Å²) in [7, 11) is 0. The molecular weight excluding hydrogens is 316 g/mol. The van der Waals surface area contributed by atoms with Crippen LogP contribution in [-0.4, -0.2) is 11.1 Å². The highest BCUT2D eigenvalue weighted by molar-refractivity contribution is 6.33. The summed E-state index contributed by atoms with van der Waals surface area (Å²) in [6.45, 7) is 0. The van der Waals surface area contributed by atoms with Crippen LogP contribution in [0.1, 0.15) is 5.76 Å². The molecule has 0 spiro atoms. The van der Waals surface area contributed by atoms with Crippen LogP contribution >= 0.6 is 11.6 Å². The Hall–Kier alpha value is -2.92. The first-order valence-electron chi connectivity index (χ1n) is 6.77. The number of nitrogens with zero attached hydrogens (tertiary/aromatic N) is 2. The minimum atomic E-state index is -0.438. The van der Waals surface area contributed by atoms with Crippen molar-refractivity contribution in [2.75, 3.05) is 0 Å². The Morgan fingerprint density at radius 1 is 1.09 bits per heavy atom. The van der Waals surface area contributed by atoms with Crippen molar-refractivity contribution in [2.45, 2.75) is 0 Å². The van der Waals surface area contributed by atoms with Gasteiger partial charge in [-0.3, -0.25) is 15.1 Å². The van der Waals surface area contributed by atoms with Crippen LogP contribution in [0.4, 0.5) is 11.4 Å². The van der Waals surface area contributed by atoms with E-state index in [4.69, 9.17) is 16.0 Å². The lowest BCUT2D eigenvalue weighted by molar-refractivity contribution is -0.384. The third kappa shape index (κ3) is 3.46. The van der Waals surface area contributed by atoms with E-state index < -0.39 is 4.92 Å². The van der Waals surface area contributed by atoms with Crippen molar-refractivity contribution in [2.24, 2.45) is 4.99 Å². The lowest BCUT2D eigenvalue weighted by Crippen LogP contribution is -1.87. The average Bonchev–Trinajstić information content (AvgIpc) is 3.03. The molecule has 0 aliphatic carbocycles. The molecule has 1 heterocycles. The smallest absolute Gasteiger partial charge is 0.270 e. The molecule has 0 radical (unpaired) electrons. The van der Waals surface area contributed by atoms with Crippen LogP contribution in [0.15, 0.2) is 70.1 Å². The molecule has 0 fully saturated rings. The molecule has 2 aromatic carbocycles. The molecule has 0 atom stereocenters. The number of hydrogen-bond donors (Lipinski definition) is 0. The Labute approximate surface area is 137 Å². The van der Waals surface area contributed by atoms with Crippen LogP contribution in [0, 0.1) is 10.1 Å². The van der Waals surface area contributed by atoms with Gasteiger partial charge in [-0.25, -0.2) is 0 Å². The van der Waals surface area contributed by atoms with Gasteiger partial charge >= 0.3 is 0 Å². The van der Waals surface area contributed by atoms with Crippen LogP contribution in [0.3, 0.4) is 0 Å². The highest BCUT2D eigenvalue weighted by Crippen LogP contribution is 2.26. The third-order valence-corrected chi connectivity index (χ3v) is 3.47. The monoisotopic (exact) mass is 326 g/mol. The number of furan rings is 1. The number of halogens is 1. The normalized spacial score (nSPS) is 11.0. The second kappa shape index (κ2) is 6.46. The zero-order valence-electron chi connectivity index (χ0n) is 11.8. The maximum Gasteiger partial charge on any atom is 0.270 e. The fourth-order valence-electron chi connectivity index (χ4n) is 2.04. The van der Waals surface area contributed by atoms with E-state index in [2.05, 4.69) is 4.99 Å². The van der Waals surface area contributed by atoms with E-state index >= 15 is 0 Å². The Kier molecular flexibility index (Phi) is 4.21. The number of nitro benzene ring substituents is 1. The minimum absolute atomic E-state index is 0.0187. The van der Waals surface area contributed by atoms with Crippen LogP contribution in [0.25, 0.3) is 11.3 Å². The number of aliphatic imine (C=N–C) groups is 1. The summed E-state index contributed by atoms with van der Waals surface area (Å²) in [5.41, 5.74) is 1.30. The van der Waals surface area contributed by atoms with Crippen molar-refractivity contribution < 1.29 is 9.34 Å². The van der Waals surface area contributed by atoms with Gasteiger partial charge in [-0.1, -0.05) is 35.9 Å². The van der Waals surface area contributed by atoms with E-state index in [1.54, 1.807) is 42.6 Å². The van der Waals surface area contributed by atoms with Gasteiger partial charge in [0.25, 0.3) is 5.69 Å². The second-order valence-electron chi connectivity index (χ2n) is 4.72. The number of non-ortho nitro benzene ring substituents is 1. The van der Waals surface area contributed by atoms with Crippen molar-refractivity contribution in [3.63, 3.8) is 0 Å². The van der Waals surface area contributed by atoms with E-state index in [9.17, 15) is 10.1 Å². The lowest BCUT2D eigenvalue weighted by atomic mass is 10.1. The Morgan fingerprint density at radius 3 is 2.70 bits per heavy atom. The Balaban J connectivity index is 1.85. The number of para-hydroxylation sites is 1. The molecule has 23 heavy (non-hydrogen) atoms. The van der Waals surface area contributed by atoms with Gasteiger partial charge < -0.3 is 4.42 Å². The molecule has 5 nitrogen and oxygen atoms in total. The molecule has 1 aromatic heterocycles. The van der Waals surface area contributed by atoms with Crippen molar-refractivity contribution in [1.82, 2.24) is 0 Å². The van der Waals surface area contributed by atoms with E-state index in [0.717, 1.165) is 0 Å². The van der Waals surface area contributed by atoms with Gasteiger partial charge in [-0.15, -0.1) is 0 Å². The summed E-state index contributed by atoms with van der Waals surface area (Å²) in [6.07, 6.45) is 1.56. The largest absolute Gasteiger partial charge is 0.455 e. The molecular formula is C17H11ClN2O3. The number of hydrogen-bond acceptors (Lipinski definition) is 4. The summed E-state index contributed by atoms with van der Waals surface area (Å²) in [5, 5.41) is 11.4. The molecule has 0 saturated carbocycles. The van der Waals surface area contributed by atoms with E-state index in [1.165, 1.54) is 12.1 Å². The zero-order valence-corrected chi connectivity index (χ0v) is 12.6. The number of benzene rings is 2. The fraction of sp³-hybridized carbons (Fsp3) is 0. The van der Waals surface area contributed by atoms with Crippen LogP contribution < -0.4 is 0 Å². The highest BCUT2D eigenvalue weighted by Gasteiger charge is 2.09. The van der Waals surface area contributed by atoms with E-state index in [-0.39, 0.29) is 5.69 Å². The zero-order chi connectivity index (χ0) is 16.2. The van der Waals surface area contributed by atoms with Crippen molar-refractivity contribution >= 4 is 29.2 Å². The van der Waals surface area contributed by atoms with Crippen molar-refractivity contribution in [3.8, 4) is 11.3 Å². The van der Waals surface area contributed by atoms with Gasteiger partial charge in [0.05, 0.1) is 21.8 Å². The summed E-state index contributed by atoms with van der Waals surface area (Å²) >= 11 is 6.03.